The van der Waals surface area contributed by atoms with Crippen molar-refractivity contribution >= 4 is 17.5 Å². The summed E-state index contributed by atoms with van der Waals surface area (Å²) in [7, 11) is 4.68. The Labute approximate surface area is 230 Å². The van der Waals surface area contributed by atoms with Gasteiger partial charge in [-0.2, -0.15) is 0 Å². The number of likely N-dealkylation sites (tertiary alicyclic amines) is 2. The van der Waals surface area contributed by atoms with E-state index in [1.807, 2.05) is 17.0 Å². The van der Waals surface area contributed by atoms with Crippen molar-refractivity contribution in [1.29, 1.82) is 0 Å². The second kappa shape index (κ2) is 10.9. The summed E-state index contributed by atoms with van der Waals surface area (Å²) in [6, 6.07) is 20.8. The summed E-state index contributed by atoms with van der Waals surface area (Å²) in [5.41, 5.74) is 4.55. The second-order valence-electron chi connectivity index (χ2n) is 10.4. The minimum absolute atomic E-state index is 0.0158. The van der Waals surface area contributed by atoms with Crippen molar-refractivity contribution in [2.24, 2.45) is 5.41 Å². The Morgan fingerprint density at radius 1 is 0.921 bits per heavy atom. The molecule has 0 aliphatic carbocycles. The largest absolute Gasteiger partial charge is 0.493 e. The first-order valence-electron chi connectivity index (χ1n) is 13.0. The molecule has 200 valence electrons. The fourth-order valence-electron chi connectivity index (χ4n) is 6.12. The number of carbonyl (C=O) groups is 1. The van der Waals surface area contributed by atoms with E-state index in [1.54, 1.807) is 33.5 Å². The Morgan fingerprint density at radius 3 is 2.08 bits per heavy atom. The lowest BCUT2D eigenvalue weighted by atomic mass is 9.63. The Kier molecular flexibility index (Phi) is 7.55. The topological polar surface area (TPSA) is 51.2 Å². The third-order valence-corrected chi connectivity index (χ3v) is 8.37. The van der Waals surface area contributed by atoms with Gasteiger partial charge in [0.05, 0.1) is 21.3 Å². The van der Waals surface area contributed by atoms with Crippen LogP contribution in [0.3, 0.4) is 0 Å². The van der Waals surface area contributed by atoms with Crippen molar-refractivity contribution in [2.75, 3.05) is 41.0 Å². The van der Waals surface area contributed by atoms with Gasteiger partial charge in [0.2, 0.25) is 5.75 Å². The number of rotatable bonds is 7. The molecule has 2 aliphatic rings. The maximum atomic E-state index is 13.5. The monoisotopic (exact) mass is 534 g/mol. The fraction of sp³-hybridized carbons (Fsp3) is 0.387. The molecule has 5 rings (SSSR count). The highest BCUT2D eigenvalue weighted by Crippen LogP contribution is 2.55. The van der Waals surface area contributed by atoms with E-state index in [2.05, 4.69) is 48.2 Å². The number of carbonyl (C=O) groups excluding carboxylic acids is 1. The molecule has 1 spiro atoms. The van der Waals surface area contributed by atoms with Crippen LogP contribution in [0.5, 0.6) is 17.2 Å². The molecular weight excluding hydrogens is 500 g/mol. The van der Waals surface area contributed by atoms with E-state index >= 15 is 0 Å². The predicted molar refractivity (Wildman–Crippen MR) is 149 cm³/mol. The minimum atomic E-state index is -0.0158. The molecule has 7 heteroatoms. The van der Waals surface area contributed by atoms with Crippen molar-refractivity contribution in [3.63, 3.8) is 0 Å². The van der Waals surface area contributed by atoms with Gasteiger partial charge in [-0.25, -0.2) is 0 Å². The molecule has 0 radical (unpaired) electrons. The first kappa shape index (κ1) is 26.4. The number of halogens is 1. The maximum absolute atomic E-state index is 13.5. The molecule has 0 N–H and O–H groups in total. The molecule has 38 heavy (non-hydrogen) atoms. The molecule has 2 saturated heterocycles. The molecule has 2 aliphatic heterocycles. The lowest BCUT2D eigenvalue weighted by Gasteiger charge is -2.61. The average Bonchev–Trinajstić information content (AvgIpc) is 2.94. The van der Waals surface area contributed by atoms with Gasteiger partial charge in [0.25, 0.3) is 5.91 Å². The highest BCUT2D eigenvalue weighted by molar-refractivity contribution is 6.30. The zero-order chi connectivity index (χ0) is 26.9. The Balaban J connectivity index is 1.34. The van der Waals surface area contributed by atoms with Crippen LogP contribution in [0.1, 0.15) is 45.9 Å². The van der Waals surface area contributed by atoms with Crippen LogP contribution in [0.4, 0.5) is 0 Å². The van der Waals surface area contributed by atoms with Crippen LogP contribution in [0.25, 0.3) is 0 Å². The van der Waals surface area contributed by atoms with Crippen LogP contribution < -0.4 is 14.2 Å². The lowest BCUT2D eigenvalue weighted by molar-refractivity contribution is -0.113. The molecule has 3 aromatic rings. The van der Waals surface area contributed by atoms with Crippen LogP contribution >= 0.6 is 11.6 Å². The quantitative estimate of drug-likeness (QED) is 0.364. The summed E-state index contributed by atoms with van der Waals surface area (Å²) in [6.45, 7) is 5.45. The number of benzene rings is 3. The zero-order valence-electron chi connectivity index (χ0n) is 22.5. The van der Waals surface area contributed by atoms with E-state index in [0.29, 0.717) is 41.9 Å². The van der Waals surface area contributed by atoms with Crippen molar-refractivity contribution in [1.82, 2.24) is 9.80 Å². The van der Waals surface area contributed by atoms with E-state index in [4.69, 9.17) is 25.8 Å². The number of methoxy groups -OCH3 is 3. The van der Waals surface area contributed by atoms with E-state index in [0.717, 1.165) is 31.0 Å². The van der Waals surface area contributed by atoms with Gasteiger partial charge in [-0.15, -0.1) is 0 Å². The van der Waals surface area contributed by atoms with Gasteiger partial charge in [-0.05, 0) is 55.2 Å². The summed E-state index contributed by atoms with van der Waals surface area (Å²) in [6.07, 6.45) is 1.89. The van der Waals surface area contributed by atoms with E-state index in [1.165, 1.54) is 16.7 Å². The van der Waals surface area contributed by atoms with Crippen LogP contribution in [0.15, 0.2) is 60.7 Å². The number of ether oxygens (including phenoxy) is 3. The van der Waals surface area contributed by atoms with Gasteiger partial charge in [0.15, 0.2) is 11.5 Å². The summed E-state index contributed by atoms with van der Waals surface area (Å²) in [5, 5.41) is 0.748. The number of hydrogen-bond acceptors (Lipinski definition) is 5. The molecule has 3 aromatic carbocycles. The van der Waals surface area contributed by atoms with Crippen LogP contribution in [0, 0.1) is 12.3 Å². The standard InChI is InChI=1S/C31H35ClN2O4/c1-21-5-7-22(8-6-21)19-34-20-31(29(34)23-9-11-25(32)12-10-23)13-15-33(16-14-31)30(35)24-17-26(36-2)28(38-4)27(18-24)37-3/h5-12,17-18,29H,13-16,19-20H2,1-4H3. The Hall–Kier alpha value is -3.22. The van der Waals surface area contributed by atoms with Gasteiger partial charge < -0.3 is 19.1 Å². The van der Waals surface area contributed by atoms with Gasteiger partial charge >= 0.3 is 0 Å². The number of nitrogens with zero attached hydrogens (tertiary/aromatic N) is 2. The third-order valence-electron chi connectivity index (χ3n) is 8.11. The SMILES string of the molecule is COc1cc(C(=O)N2CCC3(CC2)CN(Cc2ccc(C)cc2)C3c2ccc(Cl)cc2)cc(OC)c1OC. The Bertz CT molecular complexity index is 1260. The van der Waals surface area contributed by atoms with Crippen molar-refractivity contribution in [3.8, 4) is 17.2 Å². The van der Waals surface area contributed by atoms with Crippen LogP contribution in [-0.4, -0.2) is 56.7 Å². The molecule has 0 aromatic heterocycles. The fourth-order valence-corrected chi connectivity index (χ4v) is 6.24. The van der Waals surface area contributed by atoms with Crippen LogP contribution in [0.2, 0.25) is 5.02 Å². The maximum Gasteiger partial charge on any atom is 0.254 e. The van der Waals surface area contributed by atoms with Crippen molar-refractivity contribution in [3.05, 3.63) is 87.9 Å². The smallest absolute Gasteiger partial charge is 0.254 e. The molecule has 2 fully saturated rings. The summed E-state index contributed by atoms with van der Waals surface area (Å²) in [4.78, 5) is 18.0. The molecular formula is C31H35ClN2O4. The molecule has 1 unspecified atom stereocenters. The van der Waals surface area contributed by atoms with Crippen molar-refractivity contribution < 1.29 is 19.0 Å². The summed E-state index contributed by atoms with van der Waals surface area (Å²) >= 11 is 6.23. The predicted octanol–water partition coefficient (Wildman–Crippen LogP) is 6.15. The zero-order valence-corrected chi connectivity index (χ0v) is 23.3. The van der Waals surface area contributed by atoms with Crippen molar-refractivity contribution in [2.45, 2.75) is 32.4 Å². The highest BCUT2D eigenvalue weighted by atomic mass is 35.5. The molecule has 0 bridgehead atoms. The van der Waals surface area contributed by atoms with Gasteiger partial charge in [-0.1, -0.05) is 53.6 Å². The van der Waals surface area contributed by atoms with Crippen LogP contribution in [-0.2, 0) is 6.54 Å². The van der Waals surface area contributed by atoms with E-state index in [-0.39, 0.29) is 11.3 Å². The number of amides is 1. The average molecular weight is 535 g/mol. The minimum Gasteiger partial charge on any atom is -0.493 e. The number of piperidine rings is 1. The first-order valence-corrected chi connectivity index (χ1v) is 13.4. The third kappa shape index (κ3) is 4.95. The summed E-state index contributed by atoms with van der Waals surface area (Å²) in [5.74, 6) is 1.44. The van der Waals surface area contributed by atoms with Gasteiger partial charge in [-0.3, -0.25) is 9.69 Å². The van der Waals surface area contributed by atoms with E-state index < -0.39 is 0 Å². The van der Waals surface area contributed by atoms with E-state index in [9.17, 15) is 4.79 Å². The lowest BCUT2D eigenvalue weighted by Crippen LogP contribution is -2.62. The second-order valence-corrected chi connectivity index (χ2v) is 10.8. The molecule has 2 heterocycles. The first-order chi connectivity index (χ1) is 18.4. The van der Waals surface area contributed by atoms with Gasteiger partial charge in [0.1, 0.15) is 0 Å². The summed E-state index contributed by atoms with van der Waals surface area (Å²) < 4.78 is 16.3. The Morgan fingerprint density at radius 2 is 1.53 bits per heavy atom. The molecule has 6 nitrogen and oxygen atoms in total. The molecule has 1 atom stereocenters. The van der Waals surface area contributed by atoms with Gasteiger partial charge in [0, 0.05) is 48.2 Å². The number of hydrogen-bond donors (Lipinski definition) is 0. The highest BCUT2D eigenvalue weighted by Gasteiger charge is 2.54. The molecule has 1 amide bonds. The normalized spacial score (nSPS) is 18.7. The number of aryl methyl sites for hydroxylation is 1. The molecule has 0 saturated carbocycles.